The number of nitrogens with zero attached hydrogens (tertiary/aromatic N) is 1. The molecule has 0 fully saturated rings. The normalized spacial score (nSPS) is 14.1. The van der Waals surface area contributed by atoms with Crippen molar-refractivity contribution < 1.29 is 23.9 Å². The third-order valence-corrected chi connectivity index (χ3v) is 4.86. The van der Waals surface area contributed by atoms with Crippen LogP contribution < -0.4 is 0 Å². The van der Waals surface area contributed by atoms with E-state index in [0.717, 1.165) is 21.6 Å². The summed E-state index contributed by atoms with van der Waals surface area (Å²) in [4.78, 5) is 50.7. The Labute approximate surface area is 163 Å². The Balaban J connectivity index is 1.70. The maximum Gasteiger partial charge on any atom is 0.329 e. The van der Waals surface area contributed by atoms with Gasteiger partial charge in [0, 0.05) is 5.56 Å². The molecule has 2 aromatic rings. The number of fused-ring (bicyclic) bond motifs is 1. The first-order valence-corrected chi connectivity index (χ1v) is 8.97. The van der Waals surface area contributed by atoms with E-state index in [4.69, 9.17) is 4.74 Å². The zero-order chi connectivity index (χ0) is 20.6. The molecule has 144 valence electrons. The van der Waals surface area contributed by atoms with Gasteiger partial charge in [0.05, 0.1) is 11.1 Å². The zero-order valence-electron chi connectivity index (χ0n) is 16.2. The summed E-state index contributed by atoms with van der Waals surface area (Å²) in [6.07, 6.45) is 0. The summed E-state index contributed by atoms with van der Waals surface area (Å²) in [7, 11) is 0. The molecule has 0 bridgehead atoms. The number of hydrogen-bond donors (Lipinski definition) is 0. The average molecular weight is 379 g/mol. The molecule has 6 nitrogen and oxygen atoms in total. The van der Waals surface area contributed by atoms with Crippen LogP contribution >= 0.6 is 0 Å². The highest BCUT2D eigenvalue weighted by Gasteiger charge is 2.41. The summed E-state index contributed by atoms with van der Waals surface area (Å²) in [5.74, 6) is -2.20. The molecule has 28 heavy (non-hydrogen) atoms. The fraction of sp³-hybridized carbons (Fsp3) is 0.273. The van der Waals surface area contributed by atoms with Crippen LogP contribution in [0.5, 0.6) is 0 Å². The number of ketones is 1. The first-order valence-electron chi connectivity index (χ1n) is 8.97. The Morgan fingerprint density at radius 2 is 1.46 bits per heavy atom. The fourth-order valence-electron chi connectivity index (χ4n) is 3.61. The summed E-state index contributed by atoms with van der Waals surface area (Å²) >= 11 is 0. The number of carbonyl (C=O) groups is 4. The number of esters is 1. The van der Waals surface area contributed by atoms with Gasteiger partial charge >= 0.3 is 5.97 Å². The molecule has 2 amide bonds. The van der Waals surface area contributed by atoms with E-state index in [1.807, 2.05) is 32.9 Å². The molecular weight excluding hydrogens is 358 g/mol. The lowest BCUT2D eigenvalue weighted by molar-refractivity contribution is -0.146. The van der Waals surface area contributed by atoms with Crippen LogP contribution in [-0.2, 0) is 9.53 Å². The molecule has 1 aliphatic heterocycles. The van der Waals surface area contributed by atoms with Gasteiger partial charge in [-0.05, 0) is 51.0 Å². The van der Waals surface area contributed by atoms with Gasteiger partial charge in [0.2, 0.25) is 5.78 Å². The number of imide groups is 1. The summed E-state index contributed by atoms with van der Waals surface area (Å²) < 4.78 is 5.13. The van der Waals surface area contributed by atoms with Crippen LogP contribution in [0.4, 0.5) is 0 Å². The SMILES string of the molecule is Cc1cc(C)c(C(=O)COC(=O)[C@H](C)N2C(=O)c3ccccc3C2=O)c(C)c1. The maximum absolute atomic E-state index is 12.5. The van der Waals surface area contributed by atoms with Gasteiger partial charge in [-0.2, -0.15) is 0 Å². The first kappa shape index (κ1) is 19.5. The topological polar surface area (TPSA) is 80.8 Å². The number of Topliss-reactive ketones (excluding diaryl/α,β-unsaturated/α-hetero) is 1. The summed E-state index contributed by atoms with van der Waals surface area (Å²) in [6.45, 7) is 6.57. The zero-order valence-corrected chi connectivity index (χ0v) is 16.2. The van der Waals surface area contributed by atoms with E-state index < -0.39 is 30.4 Å². The van der Waals surface area contributed by atoms with Crippen molar-refractivity contribution in [2.75, 3.05) is 6.61 Å². The molecule has 0 aromatic heterocycles. The molecule has 0 aliphatic carbocycles. The molecule has 0 N–H and O–H groups in total. The lowest BCUT2D eigenvalue weighted by atomic mass is 9.97. The van der Waals surface area contributed by atoms with Gasteiger partial charge < -0.3 is 4.74 Å². The van der Waals surface area contributed by atoms with E-state index in [1.165, 1.54) is 6.92 Å². The Morgan fingerprint density at radius 3 is 1.96 bits per heavy atom. The van der Waals surface area contributed by atoms with E-state index in [0.29, 0.717) is 5.56 Å². The predicted octanol–water partition coefficient (Wildman–Crippen LogP) is 3.02. The van der Waals surface area contributed by atoms with Crippen molar-refractivity contribution >= 4 is 23.6 Å². The number of aryl methyl sites for hydroxylation is 3. The van der Waals surface area contributed by atoms with Crippen LogP contribution in [0.25, 0.3) is 0 Å². The van der Waals surface area contributed by atoms with Crippen LogP contribution in [0.2, 0.25) is 0 Å². The number of hydrogen-bond acceptors (Lipinski definition) is 5. The van der Waals surface area contributed by atoms with Crippen molar-refractivity contribution in [2.24, 2.45) is 0 Å². The fourth-order valence-corrected chi connectivity index (χ4v) is 3.61. The molecule has 0 saturated heterocycles. The number of carbonyl (C=O) groups excluding carboxylic acids is 4. The minimum absolute atomic E-state index is 0.258. The lowest BCUT2D eigenvalue weighted by Crippen LogP contribution is -2.44. The third kappa shape index (κ3) is 3.33. The van der Waals surface area contributed by atoms with Crippen molar-refractivity contribution in [2.45, 2.75) is 33.7 Å². The van der Waals surface area contributed by atoms with Crippen LogP contribution in [0.1, 0.15) is 54.7 Å². The molecule has 6 heteroatoms. The largest absolute Gasteiger partial charge is 0.456 e. The standard InChI is InChI=1S/C22H21NO5/c1-12-9-13(2)19(14(3)10-12)18(24)11-28-22(27)15(4)23-20(25)16-7-5-6-8-17(16)21(23)26/h5-10,15H,11H2,1-4H3/t15-/m0/s1. The maximum atomic E-state index is 12.5. The van der Waals surface area contributed by atoms with E-state index in [1.54, 1.807) is 24.3 Å². The quantitative estimate of drug-likeness (QED) is 0.453. The molecule has 1 aliphatic rings. The Kier molecular flexibility index (Phi) is 5.14. The average Bonchev–Trinajstić information content (AvgIpc) is 2.89. The smallest absolute Gasteiger partial charge is 0.329 e. The van der Waals surface area contributed by atoms with E-state index in [-0.39, 0.29) is 16.9 Å². The first-order chi connectivity index (χ1) is 13.2. The molecule has 1 atom stereocenters. The number of amides is 2. The minimum Gasteiger partial charge on any atom is -0.456 e. The third-order valence-electron chi connectivity index (χ3n) is 4.86. The van der Waals surface area contributed by atoms with Crippen molar-refractivity contribution in [1.29, 1.82) is 0 Å². The highest BCUT2D eigenvalue weighted by molar-refractivity contribution is 6.22. The molecule has 0 unspecified atom stereocenters. The molecule has 0 radical (unpaired) electrons. The van der Waals surface area contributed by atoms with Gasteiger partial charge in [0.25, 0.3) is 11.8 Å². The van der Waals surface area contributed by atoms with Gasteiger partial charge in [-0.15, -0.1) is 0 Å². The molecule has 3 rings (SSSR count). The monoisotopic (exact) mass is 379 g/mol. The minimum atomic E-state index is -1.12. The van der Waals surface area contributed by atoms with Crippen LogP contribution in [0.3, 0.4) is 0 Å². The van der Waals surface area contributed by atoms with E-state index in [9.17, 15) is 19.2 Å². The second-order valence-electron chi connectivity index (χ2n) is 7.01. The van der Waals surface area contributed by atoms with E-state index in [2.05, 4.69) is 0 Å². The molecule has 0 saturated carbocycles. The number of ether oxygens (including phenoxy) is 1. The molecular formula is C22H21NO5. The van der Waals surface area contributed by atoms with Crippen LogP contribution in [-0.4, -0.2) is 41.1 Å². The van der Waals surface area contributed by atoms with Gasteiger partial charge in [-0.1, -0.05) is 29.8 Å². The summed E-state index contributed by atoms with van der Waals surface area (Å²) in [5.41, 5.74) is 3.71. The highest BCUT2D eigenvalue weighted by atomic mass is 16.5. The van der Waals surface area contributed by atoms with Crippen LogP contribution in [0.15, 0.2) is 36.4 Å². The Hall–Kier alpha value is -3.28. The number of benzene rings is 2. The highest BCUT2D eigenvalue weighted by Crippen LogP contribution is 2.25. The second kappa shape index (κ2) is 7.38. The summed E-state index contributed by atoms with van der Waals surface area (Å²) in [5, 5.41) is 0. The molecule has 2 aromatic carbocycles. The summed E-state index contributed by atoms with van der Waals surface area (Å²) in [6, 6.07) is 9.05. The predicted molar refractivity (Wildman–Crippen MR) is 102 cm³/mol. The Morgan fingerprint density at radius 1 is 0.964 bits per heavy atom. The van der Waals surface area contributed by atoms with Crippen molar-refractivity contribution in [3.8, 4) is 0 Å². The second-order valence-corrected chi connectivity index (χ2v) is 7.01. The number of rotatable bonds is 5. The van der Waals surface area contributed by atoms with Gasteiger partial charge in [-0.25, -0.2) is 4.79 Å². The van der Waals surface area contributed by atoms with Crippen molar-refractivity contribution in [3.05, 3.63) is 69.8 Å². The van der Waals surface area contributed by atoms with E-state index >= 15 is 0 Å². The lowest BCUT2D eigenvalue weighted by Gasteiger charge is -2.21. The van der Waals surface area contributed by atoms with Gasteiger partial charge in [-0.3, -0.25) is 19.3 Å². The van der Waals surface area contributed by atoms with Gasteiger partial charge in [0.1, 0.15) is 6.04 Å². The van der Waals surface area contributed by atoms with Gasteiger partial charge in [0.15, 0.2) is 6.61 Å². The molecule has 1 heterocycles. The van der Waals surface area contributed by atoms with Crippen LogP contribution in [0, 0.1) is 20.8 Å². The van der Waals surface area contributed by atoms with Crippen molar-refractivity contribution in [3.63, 3.8) is 0 Å². The van der Waals surface area contributed by atoms with Crippen molar-refractivity contribution in [1.82, 2.24) is 4.90 Å². The Bertz CT molecular complexity index is 950. The molecule has 0 spiro atoms.